The third-order valence-corrected chi connectivity index (χ3v) is 6.87. The number of rotatable bonds is 7. The molecule has 8 nitrogen and oxygen atoms in total. The Balaban J connectivity index is 1.49. The van der Waals surface area contributed by atoms with Gasteiger partial charge in [0, 0.05) is 5.69 Å². The van der Waals surface area contributed by atoms with Crippen LogP contribution in [0.25, 0.3) is 10.2 Å². The van der Waals surface area contributed by atoms with E-state index in [-0.39, 0.29) is 24.1 Å². The molecule has 0 bridgehead atoms. The Labute approximate surface area is 195 Å². The van der Waals surface area contributed by atoms with Gasteiger partial charge < -0.3 is 14.8 Å². The predicted octanol–water partition coefficient (Wildman–Crippen LogP) is 4.29. The van der Waals surface area contributed by atoms with Crippen molar-refractivity contribution in [1.82, 2.24) is 9.55 Å². The normalized spacial score (nSPS) is 14.2. The quantitative estimate of drug-likeness (QED) is 0.518. The van der Waals surface area contributed by atoms with Gasteiger partial charge in [0.1, 0.15) is 28.1 Å². The van der Waals surface area contributed by atoms with Gasteiger partial charge in [-0.05, 0) is 69.4 Å². The van der Waals surface area contributed by atoms with E-state index in [1.54, 1.807) is 31.2 Å². The Kier molecular flexibility index (Phi) is 7.08. The molecule has 1 aromatic carbocycles. The van der Waals surface area contributed by atoms with Crippen molar-refractivity contribution >= 4 is 39.1 Å². The van der Waals surface area contributed by atoms with Crippen molar-refractivity contribution in [3.05, 3.63) is 51.4 Å². The Hall–Kier alpha value is -3.20. The van der Waals surface area contributed by atoms with Gasteiger partial charge in [0.05, 0.1) is 18.3 Å². The van der Waals surface area contributed by atoms with Crippen molar-refractivity contribution in [2.75, 3.05) is 11.9 Å². The van der Waals surface area contributed by atoms with Crippen LogP contribution in [0.4, 0.5) is 5.69 Å². The first-order chi connectivity index (χ1) is 16.0. The van der Waals surface area contributed by atoms with Crippen LogP contribution >= 0.6 is 11.3 Å². The molecule has 1 aliphatic carbocycles. The van der Waals surface area contributed by atoms with Crippen molar-refractivity contribution in [3.63, 3.8) is 0 Å². The molecule has 1 amide bonds. The van der Waals surface area contributed by atoms with Crippen molar-refractivity contribution < 1.29 is 19.1 Å². The van der Waals surface area contributed by atoms with Gasteiger partial charge in [-0.15, -0.1) is 11.3 Å². The largest absolute Gasteiger partial charge is 0.494 e. The summed E-state index contributed by atoms with van der Waals surface area (Å²) in [5.74, 6) is -0.0408. The SMILES string of the molecule is CCOc1ccc(NC(=O)Cn2cnc3sc(C(=O)OC4CCCCC4)c(C)c3c2=O)cc1. The lowest BCUT2D eigenvalue weighted by atomic mass is 9.98. The van der Waals surface area contributed by atoms with Crippen LogP contribution in [0.5, 0.6) is 5.75 Å². The average Bonchev–Trinajstić information content (AvgIpc) is 3.15. The maximum absolute atomic E-state index is 13.1. The van der Waals surface area contributed by atoms with Crippen LogP contribution in [-0.2, 0) is 16.1 Å². The summed E-state index contributed by atoms with van der Waals surface area (Å²) >= 11 is 1.16. The van der Waals surface area contributed by atoms with E-state index in [1.165, 1.54) is 17.3 Å². The number of carbonyl (C=O) groups excluding carboxylic acids is 2. The number of carbonyl (C=O) groups is 2. The number of aromatic nitrogens is 2. The van der Waals surface area contributed by atoms with Crippen LogP contribution in [0.1, 0.15) is 54.3 Å². The van der Waals surface area contributed by atoms with Gasteiger partial charge in [0.2, 0.25) is 5.91 Å². The number of hydrogen-bond donors (Lipinski definition) is 1. The minimum absolute atomic E-state index is 0.0632. The van der Waals surface area contributed by atoms with Crippen LogP contribution in [0.2, 0.25) is 0 Å². The lowest BCUT2D eigenvalue weighted by Gasteiger charge is -2.21. The van der Waals surface area contributed by atoms with Crippen molar-refractivity contribution in [2.24, 2.45) is 0 Å². The summed E-state index contributed by atoms with van der Waals surface area (Å²) in [5, 5.41) is 3.12. The number of ether oxygens (including phenoxy) is 2. The third kappa shape index (κ3) is 5.24. The predicted molar refractivity (Wildman–Crippen MR) is 127 cm³/mol. The van der Waals surface area contributed by atoms with Crippen LogP contribution in [0.3, 0.4) is 0 Å². The van der Waals surface area contributed by atoms with Crippen LogP contribution < -0.4 is 15.6 Å². The van der Waals surface area contributed by atoms with E-state index >= 15 is 0 Å². The van der Waals surface area contributed by atoms with Gasteiger partial charge in [-0.1, -0.05) is 6.42 Å². The molecule has 9 heteroatoms. The van der Waals surface area contributed by atoms with Gasteiger partial charge >= 0.3 is 5.97 Å². The van der Waals surface area contributed by atoms with E-state index in [2.05, 4.69) is 10.3 Å². The number of anilines is 1. The lowest BCUT2D eigenvalue weighted by molar-refractivity contribution is -0.116. The highest BCUT2D eigenvalue weighted by atomic mass is 32.1. The molecule has 2 aromatic heterocycles. The van der Waals surface area contributed by atoms with Crippen molar-refractivity contribution in [3.8, 4) is 5.75 Å². The summed E-state index contributed by atoms with van der Waals surface area (Å²) < 4.78 is 12.3. The Bertz CT molecular complexity index is 1210. The molecule has 1 aliphatic rings. The van der Waals surface area contributed by atoms with Crippen molar-refractivity contribution in [2.45, 2.75) is 58.6 Å². The van der Waals surface area contributed by atoms with Crippen LogP contribution in [-0.4, -0.2) is 34.1 Å². The minimum Gasteiger partial charge on any atom is -0.494 e. The summed E-state index contributed by atoms with van der Waals surface area (Å²) in [6.07, 6.45) is 6.34. The molecule has 174 valence electrons. The lowest BCUT2D eigenvalue weighted by Crippen LogP contribution is -2.28. The topological polar surface area (TPSA) is 99.5 Å². The Morgan fingerprint density at radius 3 is 2.61 bits per heavy atom. The van der Waals surface area contributed by atoms with Crippen molar-refractivity contribution in [1.29, 1.82) is 0 Å². The second-order valence-electron chi connectivity index (χ2n) is 8.08. The van der Waals surface area contributed by atoms with E-state index in [0.717, 1.165) is 37.0 Å². The number of nitrogens with one attached hydrogen (secondary N) is 1. The molecule has 0 radical (unpaired) electrons. The smallest absolute Gasteiger partial charge is 0.348 e. The Morgan fingerprint density at radius 2 is 1.91 bits per heavy atom. The Morgan fingerprint density at radius 1 is 1.18 bits per heavy atom. The van der Waals surface area contributed by atoms with Gasteiger partial charge in [-0.3, -0.25) is 14.2 Å². The second-order valence-corrected chi connectivity index (χ2v) is 9.08. The number of fused-ring (bicyclic) bond motifs is 1. The van der Waals surface area contributed by atoms with E-state index in [9.17, 15) is 14.4 Å². The first kappa shape index (κ1) is 23.0. The summed E-state index contributed by atoms with van der Waals surface area (Å²) in [4.78, 5) is 43.5. The number of thiophene rings is 1. The van der Waals surface area contributed by atoms with Gasteiger partial charge in [0.15, 0.2) is 0 Å². The molecule has 33 heavy (non-hydrogen) atoms. The first-order valence-electron chi connectivity index (χ1n) is 11.2. The molecule has 1 saturated carbocycles. The summed E-state index contributed by atoms with van der Waals surface area (Å²) in [6, 6.07) is 7.00. The monoisotopic (exact) mass is 469 g/mol. The molecule has 2 heterocycles. The van der Waals surface area contributed by atoms with Gasteiger partial charge in [-0.25, -0.2) is 9.78 Å². The molecule has 0 aliphatic heterocycles. The highest BCUT2D eigenvalue weighted by molar-refractivity contribution is 7.20. The maximum atomic E-state index is 13.1. The number of benzene rings is 1. The summed E-state index contributed by atoms with van der Waals surface area (Å²) in [7, 11) is 0. The van der Waals surface area contributed by atoms with E-state index in [0.29, 0.717) is 38.7 Å². The molecule has 0 spiro atoms. The molecule has 0 unspecified atom stereocenters. The highest BCUT2D eigenvalue weighted by Gasteiger charge is 2.24. The first-order valence-corrected chi connectivity index (χ1v) is 12.0. The van der Waals surface area contributed by atoms with E-state index in [1.807, 2.05) is 6.92 Å². The standard InChI is InChI=1S/C24H27N3O5S/c1-3-31-17-11-9-16(10-12-17)26-19(28)13-27-14-25-22-20(23(27)29)15(2)21(33-22)24(30)32-18-7-5-4-6-8-18/h9-12,14,18H,3-8,13H2,1-2H3,(H,26,28). The minimum atomic E-state index is -0.401. The average molecular weight is 470 g/mol. The zero-order valence-corrected chi connectivity index (χ0v) is 19.6. The van der Waals surface area contributed by atoms with Crippen LogP contribution in [0, 0.1) is 6.92 Å². The maximum Gasteiger partial charge on any atom is 0.348 e. The molecule has 1 fully saturated rings. The zero-order chi connectivity index (χ0) is 23.4. The number of aryl methyl sites for hydroxylation is 1. The van der Waals surface area contributed by atoms with E-state index < -0.39 is 5.97 Å². The summed E-state index contributed by atoms with van der Waals surface area (Å²) in [6.45, 7) is 4.00. The number of hydrogen-bond acceptors (Lipinski definition) is 7. The fraction of sp³-hybridized carbons (Fsp3) is 0.417. The molecule has 0 saturated heterocycles. The zero-order valence-electron chi connectivity index (χ0n) is 18.8. The van der Waals surface area contributed by atoms with E-state index in [4.69, 9.17) is 9.47 Å². The number of amides is 1. The molecule has 0 atom stereocenters. The fourth-order valence-corrected chi connectivity index (χ4v) is 5.03. The third-order valence-electron chi connectivity index (χ3n) is 5.69. The molecule has 1 N–H and O–H groups in total. The molecule has 3 aromatic rings. The second kappa shape index (κ2) is 10.2. The summed E-state index contributed by atoms with van der Waals surface area (Å²) in [5.41, 5.74) is 0.798. The van der Waals surface area contributed by atoms with Gasteiger partial charge in [-0.2, -0.15) is 0 Å². The fourth-order valence-electron chi connectivity index (χ4n) is 4.01. The highest BCUT2D eigenvalue weighted by Crippen LogP contribution is 2.29. The van der Waals surface area contributed by atoms with Crippen LogP contribution in [0.15, 0.2) is 35.4 Å². The number of esters is 1. The molecule has 4 rings (SSSR count). The number of nitrogens with zero attached hydrogens (tertiary/aromatic N) is 2. The molecular formula is C24H27N3O5S. The van der Waals surface area contributed by atoms with Gasteiger partial charge in [0.25, 0.3) is 5.56 Å². The molecular weight excluding hydrogens is 442 g/mol.